The van der Waals surface area contributed by atoms with Gasteiger partial charge in [0.25, 0.3) is 0 Å². The molecule has 84 valence electrons. The number of nitrogens with zero attached hydrogens (tertiary/aromatic N) is 1. The van der Waals surface area contributed by atoms with Crippen molar-refractivity contribution in [1.82, 2.24) is 20.6 Å². The first-order valence-corrected chi connectivity index (χ1v) is 5.17. The maximum Gasteiger partial charge on any atom is 0.166 e. The lowest BCUT2D eigenvalue weighted by Crippen LogP contribution is -2.38. The largest absolute Gasteiger partial charge is 0.383 e. The molecule has 1 aromatic rings. The van der Waals surface area contributed by atoms with Crippen LogP contribution in [0.1, 0.15) is 18.8 Å². The van der Waals surface area contributed by atoms with Crippen molar-refractivity contribution < 1.29 is 4.74 Å². The molecule has 1 unspecified atom stereocenters. The molecule has 15 heavy (non-hydrogen) atoms. The van der Waals surface area contributed by atoms with E-state index in [-0.39, 0.29) is 6.04 Å². The lowest BCUT2D eigenvalue weighted by molar-refractivity contribution is 0.204. The Balaban J connectivity index is 2.26. The van der Waals surface area contributed by atoms with Gasteiger partial charge in [-0.2, -0.15) is 0 Å². The summed E-state index contributed by atoms with van der Waals surface area (Å²) in [4.78, 5) is 7.16. The van der Waals surface area contributed by atoms with E-state index in [2.05, 4.69) is 20.6 Å². The summed E-state index contributed by atoms with van der Waals surface area (Å²) in [6.07, 6.45) is 3.50. The van der Waals surface area contributed by atoms with Crippen molar-refractivity contribution in [2.75, 3.05) is 20.3 Å². The number of hydrogen-bond acceptors (Lipinski definition) is 3. The van der Waals surface area contributed by atoms with Crippen LogP contribution in [0, 0.1) is 0 Å². The van der Waals surface area contributed by atoms with Gasteiger partial charge in [0.1, 0.15) is 5.82 Å². The second-order valence-electron chi connectivity index (χ2n) is 3.09. The third-order valence-corrected chi connectivity index (χ3v) is 2.13. The van der Waals surface area contributed by atoms with Crippen LogP contribution in [0.25, 0.3) is 0 Å². The highest BCUT2D eigenvalue weighted by molar-refractivity contribution is 7.80. The van der Waals surface area contributed by atoms with Crippen LogP contribution in [0.4, 0.5) is 0 Å². The van der Waals surface area contributed by atoms with Gasteiger partial charge in [-0.25, -0.2) is 4.98 Å². The molecule has 0 bridgehead atoms. The second-order valence-corrected chi connectivity index (χ2v) is 3.50. The molecule has 0 amide bonds. The zero-order valence-corrected chi connectivity index (χ0v) is 9.73. The Morgan fingerprint density at radius 1 is 1.73 bits per heavy atom. The average Bonchev–Trinajstić information content (AvgIpc) is 2.70. The molecule has 0 radical (unpaired) electrons. The molecule has 0 saturated heterocycles. The first-order chi connectivity index (χ1) is 7.24. The molecule has 1 atom stereocenters. The van der Waals surface area contributed by atoms with E-state index in [1.54, 1.807) is 19.5 Å². The molecular weight excluding hydrogens is 212 g/mol. The van der Waals surface area contributed by atoms with Gasteiger partial charge in [-0.3, -0.25) is 0 Å². The molecule has 0 aliphatic carbocycles. The van der Waals surface area contributed by atoms with Crippen molar-refractivity contribution in [3.8, 4) is 0 Å². The van der Waals surface area contributed by atoms with Crippen molar-refractivity contribution in [1.29, 1.82) is 0 Å². The van der Waals surface area contributed by atoms with E-state index in [1.807, 2.05) is 6.92 Å². The summed E-state index contributed by atoms with van der Waals surface area (Å²) in [5.74, 6) is 0.867. The second kappa shape index (κ2) is 6.36. The van der Waals surface area contributed by atoms with Crippen molar-refractivity contribution >= 4 is 17.3 Å². The molecule has 6 heteroatoms. The summed E-state index contributed by atoms with van der Waals surface area (Å²) >= 11 is 5.10. The standard InChI is InChI=1S/C9H16N4OS/c1-7(8-10-3-4-11-8)13-9(15)12-5-6-14-2/h3-4,7H,5-6H2,1-2H3,(H,10,11)(H2,12,13,15). The highest BCUT2D eigenvalue weighted by Gasteiger charge is 2.07. The first kappa shape index (κ1) is 11.9. The minimum Gasteiger partial charge on any atom is -0.383 e. The summed E-state index contributed by atoms with van der Waals surface area (Å²) in [7, 11) is 1.66. The highest BCUT2D eigenvalue weighted by atomic mass is 32.1. The number of nitrogens with one attached hydrogen (secondary N) is 3. The predicted molar refractivity (Wildman–Crippen MR) is 62.6 cm³/mol. The van der Waals surface area contributed by atoms with Crippen LogP contribution in [0.3, 0.4) is 0 Å². The van der Waals surface area contributed by atoms with E-state index in [4.69, 9.17) is 17.0 Å². The average molecular weight is 228 g/mol. The van der Waals surface area contributed by atoms with E-state index >= 15 is 0 Å². The number of ether oxygens (including phenoxy) is 1. The van der Waals surface area contributed by atoms with Crippen LogP contribution in [-0.4, -0.2) is 35.3 Å². The maximum atomic E-state index is 5.10. The van der Waals surface area contributed by atoms with E-state index in [0.29, 0.717) is 18.3 Å². The van der Waals surface area contributed by atoms with Gasteiger partial charge < -0.3 is 20.4 Å². The molecule has 0 aliphatic heterocycles. The Morgan fingerprint density at radius 2 is 2.53 bits per heavy atom. The van der Waals surface area contributed by atoms with Crippen LogP contribution in [0.5, 0.6) is 0 Å². The summed E-state index contributed by atoms with van der Waals surface area (Å²) in [5.41, 5.74) is 0. The lowest BCUT2D eigenvalue weighted by Gasteiger charge is -2.14. The van der Waals surface area contributed by atoms with Crippen molar-refractivity contribution in [3.63, 3.8) is 0 Å². The van der Waals surface area contributed by atoms with Crippen molar-refractivity contribution in [3.05, 3.63) is 18.2 Å². The van der Waals surface area contributed by atoms with Gasteiger partial charge in [-0.15, -0.1) is 0 Å². The Morgan fingerprint density at radius 3 is 3.13 bits per heavy atom. The Kier molecular flexibility index (Phi) is 5.06. The van der Waals surface area contributed by atoms with Gasteiger partial charge in [-0.05, 0) is 19.1 Å². The van der Waals surface area contributed by atoms with Gasteiger partial charge in [0.05, 0.1) is 12.6 Å². The fraction of sp³-hybridized carbons (Fsp3) is 0.556. The Bertz CT molecular complexity index is 288. The highest BCUT2D eigenvalue weighted by Crippen LogP contribution is 2.04. The zero-order valence-electron chi connectivity index (χ0n) is 8.91. The first-order valence-electron chi connectivity index (χ1n) is 4.76. The fourth-order valence-corrected chi connectivity index (χ4v) is 1.38. The molecule has 0 aliphatic rings. The molecule has 1 aromatic heterocycles. The zero-order chi connectivity index (χ0) is 11.1. The van der Waals surface area contributed by atoms with Crippen molar-refractivity contribution in [2.24, 2.45) is 0 Å². The van der Waals surface area contributed by atoms with Gasteiger partial charge in [0.15, 0.2) is 5.11 Å². The van der Waals surface area contributed by atoms with E-state index in [1.165, 1.54) is 0 Å². The fourth-order valence-electron chi connectivity index (χ4n) is 1.10. The maximum absolute atomic E-state index is 5.10. The smallest absolute Gasteiger partial charge is 0.166 e. The summed E-state index contributed by atoms with van der Waals surface area (Å²) < 4.78 is 4.90. The van der Waals surface area contributed by atoms with Crippen LogP contribution in [-0.2, 0) is 4.74 Å². The Hall–Kier alpha value is -1.14. The Labute approximate surface area is 94.6 Å². The molecule has 5 nitrogen and oxygen atoms in total. The van der Waals surface area contributed by atoms with E-state index in [9.17, 15) is 0 Å². The SMILES string of the molecule is COCCNC(=S)NC(C)c1ncc[nH]1. The van der Waals surface area contributed by atoms with E-state index < -0.39 is 0 Å². The number of methoxy groups -OCH3 is 1. The van der Waals surface area contributed by atoms with Gasteiger partial charge in [0.2, 0.25) is 0 Å². The molecule has 0 aromatic carbocycles. The number of thiocarbonyl (C=S) groups is 1. The van der Waals surface area contributed by atoms with Crippen LogP contribution >= 0.6 is 12.2 Å². The third-order valence-electron chi connectivity index (χ3n) is 1.87. The van der Waals surface area contributed by atoms with Crippen LogP contribution < -0.4 is 10.6 Å². The quantitative estimate of drug-likeness (QED) is 0.508. The third kappa shape index (κ3) is 4.26. The summed E-state index contributed by atoms with van der Waals surface area (Å²) in [6, 6.07) is 0.0718. The lowest BCUT2D eigenvalue weighted by atomic mass is 10.3. The number of hydrogen-bond donors (Lipinski definition) is 3. The normalized spacial score (nSPS) is 12.1. The van der Waals surface area contributed by atoms with Gasteiger partial charge in [-0.1, -0.05) is 0 Å². The van der Waals surface area contributed by atoms with Crippen molar-refractivity contribution in [2.45, 2.75) is 13.0 Å². The van der Waals surface area contributed by atoms with E-state index in [0.717, 1.165) is 5.82 Å². The molecule has 1 rings (SSSR count). The topological polar surface area (TPSA) is 62.0 Å². The van der Waals surface area contributed by atoms with Gasteiger partial charge >= 0.3 is 0 Å². The number of H-pyrrole nitrogens is 1. The molecule has 1 heterocycles. The minimum absolute atomic E-state index is 0.0718. The number of aromatic amines is 1. The molecule has 3 N–H and O–H groups in total. The molecule has 0 fully saturated rings. The summed E-state index contributed by atoms with van der Waals surface area (Å²) in [5, 5.41) is 6.75. The van der Waals surface area contributed by atoms with Crippen LogP contribution in [0.2, 0.25) is 0 Å². The number of rotatable bonds is 5. The van der Waals surface area contributed by atoms with Gasteiger partial charge in [0, 0.05) is 26.0 Å². The number of imidazole rings is 1. The summed E-state index contributed by atoms with van der Waals surface area (Å²) in [6.45, 7) is 3.33. The molecular formula is C9H16N4OS. The minimum atomic E-state index is 0.0718. The molecule has 0 saturated carbocycles. The number of aromatic nitrogens is 2. The van der Waals surface area contributed by atoms with Crippen LogP contribution in [0.15, 0.2) is 12.4 Å². The monoisotopic (exact) mass is 228 g/mol. The predicted octanol–water partition coefficient (Wildman–Crippen LogP) is 0.581. The molecule has 0 spiro atoms.